The first-order chi connectivity index (χ1) is 11.6. The molecule has 1 atom stereocenters. The predicted octanol–water partition coefficient (Wildman–Crippen LogP) is 5.58. The van der Waals surface area contributed by atoms with E-state index in [1.807, 2.05) is 23.1 Å². The van der Waals surface area contributed by atoms with Crippen molar-refractivity contribution in [3.8, 4) is 0 Å². The highest BCUT2D eigenvalue weighted by Gasteiger charge is 2.33. The lowest BCUT2D eigenvalue weighted by atomic mass is 10.1. The first kappa shape index (κ1) is 15.9. The zero-order valence-corrected chi connectivity index (χ0v) is 15.0. The van der Waals surface area contributed by atoms with Gasteiger partial charge in [-0.2, -0.15) is 0 Å². The molecule has 4 rings (SSSR count). The van der Waals surface area contributed by atoms with E-state index < -0.39 is 0 Å². The average Bonchev–Trinajstić information content (AvgIpc) is 3.22. The van der Waals surface area contributed by atoms with E-state index in [0.717, 1.165) is 28.1 Å². The third kappa shape index (κ3) is 2.69. The first-order valence-corrected chi connectivity index (χ1v) is 9.33. The lowest BCUT2D eigenvalue weighted by Crippen LogP contribution is -2.30. The summed E-state index contributed by atoms with van der Waals surface area (Å²) in [5.41, 5.74) is 1.44. The standard InChI is InChI=1S/C18H14Cl2N2OS/c19-12-6-3-5-11(16(12)20)18(23)22-10-4-8-14(22)17-21-13-7-1-2-9-15(13)24-17/h1-3,5-7,9,14H,4,8,10H2. The molecular formula is C18H14Cl2N2OS. The van der Waals surface area contributed by atoms with Crippen molar-refractivity contribution in [2.75, 3.05) is 6.54 Å². The van der Waals surface area contributed by atoms with Crippen molar-refractivity contribution in [2.45, 2.75) is 18.9 Å². The lowest BCUT2D eigenvalue weighted by molar-refractivity contribution is 0.0736. The SMILES string of the molecule is O=C(c1cccc(Cl)c1Cl)N1CCCC1c1nc2ccccc2s1. The topological polar surface area (TPSA) is 33.2 Å². The average molecular weight is 377 g/mol. The van der Waals surface area contributed by atoms with Crippen LogP contribution < -0.4 is 0 Å². The van der Waals surface area contributed by atoms with Gasteiger partial charge in [-0.15, -0.1) is 11.3 Å². The summed E-state index contributed by atoms with van der Waals surface area (Å²) in [5, 5.41) is 1.71. The number of thiazole rings is 1. The Balaban J connectivity index is 1.69. The van der Waals surface area contributed by atoms with Crippen LogP contribution in [-0.4, -0.2) is 22.3 Å². The maximum atomic E-state index is 13.0. The quantitative estimate of drug-likeness (QED) is 0.584. The van der Waals surface area contributed by atoms with Gasteiger partial charge in [0.25, 0.3) is 5.91 Å². The van der Waals surface area contributed by atoms with E-state index in [2.05, 4.69) is 6.07 Å². The monoisotopic (exact) mass is 376 g/mol. The fraction of sp³-hybridized carbons (Fsp3) is 0.222. The minimum Gasteiger partial charge on any atom is -0.329 e. The second-order valence-electron chi connectivity index (χ2n) is 5.78. The molecule has 0 aliphatic carbocycles. The third-order valence-corrected chi connectivity index (χ3v) is 6.25. The van der Waals surface area contributed by atoms with Crippen LogP contribution in [-0.2, 0) is 0 Å². The summed E-state index contributed by atoms with van der Waals surface area (Å²) in [6.07, 6.45) is 1.88. The largest absolute Gasteiger partial charge is 0.329 e. The maximum Gasteiger partial charge on any atom is 0.256 e. The highest BCUT2D eigenvalue weighted by Crippen LogP contribution is 2.38. The second kappa shape index (κ2) is 6.36. The van der Waals surface area contributed by atoms with Crippen LogP contribution in [0.2, 0.25) is 10.0 Å². The number of nitrogens with zero attached hydrogens (tertiary/aromatic N) is 2. The molecule has 122 valence electrons. The minimum atomic E-state index is -0.0794. The lowest BCUT2D eigenvalue weighted by Gasteiger charge is -2.23. The Hall–Kier alpha value is -1.62. The second-order valence-corrected chi connectivity index (χ2v) is 7.63. The van der Waals surface area contributed by atoms with Crippen molar-refractivity contribution >= 4 is 50.7 Å². The fourth-order valence-electron chi connectivity index (χ4n) is 3.12. The maximum absolute atomic E-state index is 13.0. The molecule has 1 aliphatic heterocycles. The van der Waals surface area contributed by atoms with Gasteiger partial charge in [0.1, 0.15) is 5.01 Å². The van der Waals surface area contributed by atoms with Gasteiger partial charge in [0.15, 0.2) is 0 Å². The van der Waals surface area contributed by atoms with Gasteiger partial charge in [0.2, 0.25) is 0 Å². The molecule has 1 unspecified atom stereocenters. The molecule has 3 nitrogen and oxygen atoms in total. The van der Waals surface area contributed by atoms with E-state index in [1.165, 1.54) is 0 Å². The van der Waals surface area contributed by atoms with Gasteiger partial charge in [-0.3, -0.25) is 4.79 Å². The van der Waals surface area contributed by atoms with Crippen LogP contribution in [0.15, 0.2) is 42.5 Å². The van der Waals surface area contributed by atoms with Crippen LogP contribution in [0.1, 0.15) is 34.2 Å². The number of carbonyl (C=O) groups excluding carboxylic acids is 1. The van der Waals surface area contributed by atoms with Gasteiger partial charge in [-0.1, -0.05) is 41.4 Å². The molecule has 1 amide bonds. The molecule has 1 aliphatic rings. The summed E-state index contributed by atoms with van der Waals surface area (Å²) in [6.45, 7) is 0.711. The number of fused-ring (bicyclic) bond motifs is 1. The van der Waals surface area contributed by atoms with Gasteiger partial charge in [0, 0.05) is 6.54 Å². The Morgan fingerprint density at radius 2 is 2.00 bits per heavy atom. The zero-order chi connectivity index (χ0) is 16.7. The van der Waals surface area contributed by atoms with Crippen LogP contribution in [0.4, 0.5) is 0 Å². The first-order valence-electron chi connectivity index (χ1n) is 7.75. The van der Waals surface area contributed by atoms with Crippen LogP contribution >= 0.6 is 34.5 Å². The number of benzene rings is 2. The van der Waals surface area contributed by atoms with E-state index in [9.17, 15) is 4.79 Å². The van der Waals surface area contributed by atoms with Gasteiger partial charge in [-0.25, -0.2) is 4.98 Å². The highest BCUT2D eigenvalue weighted by molar-refractivity contribution is 7.18. The van der Waals surface area contributed by atoms with Crippen LogP contribution in [0.5, 0.6) is 0 Å². The van der Waals surface area contributed by atoms with Gasteiger partial charge in [0.05, 0.1) is 31.9 Å². The van der Waals surface area contributed by atoms with Crippen molar-refractivity contribution in [1.82, 2.24) is 9.88 Å². The number of amides is 1. The molecule has 2 heterocycles. The normalized spacial score (nSPS) is 17.6. The van der Waals surface area contributed by atoms with Gasteiger partial charge in [-0.05, 0) is 37.1 Å². The molecule has 1 saturated heterocycles. The molecule has 3 aromatic rings. The molecule has 0 radical (unpaired) electrons. The molecule has 6 heteroatoms. The van der Waals surface area contributed by atoms with Crippen molar-refractivity contribution < 1.29 is 4.79 Å². The van der Waals surface area contributed by atoms with Gasteiger partial charge >= 0.3 is 0 Å². The molecule has 24 heavy (non-hydrogen) atoms. The van der Waals surface area contributed by atoms with Crippen LogP contribution in [0.3, 0.4) is 0 Å². The summed E-state index contributed by atoms with van der Waals surface area (Å²) in [7, 11) is 0. The molecular weight excluding hydrogens is 363 g/mol. The molecule has 1 fully saturated rings. The molecule has 2 aromatic carbocycles. The van der Waals surface area contributed by atoms with E-state index in [0.29, 0.717) is 22.2 Å². The number of carbonyl (C=O) groups is 1. The number of likely N-dealkylation sites (tertiary alicyclic amines) is 1. The Labute approximate surface area is 153 Å². The third-order valence-electron chi connectivity index (χ3n) is 4.29. The molecule has 0 N–H and O–H groups in total. The Morgan fingerprint density at radius 3 is 2.83 bits per heavy atom. The highest BCUT2D eigenvalue weighted by atomic mass is 35.5. The summed E-state index contributed by atoms with van der Waals surface area (Å²) in [6, 6.07) is 13.2. The van der Waals surface area contributed by atoms with Crippen molar-refractivity contribution in [1.29, 1.82) is 0 Å². The number of rotatable bonds is 2. The zero-order valence-electron chi connectivity index (χ0n) is 12.7. The van der Waals surface area contributed by atoms with Gasteiger partial charge < -0.3 is 4.90 Å². The number of aromatic nitrogens is 1. The van der Waals surface area contributed by atoms with E-state index in [-0.39, 0.29) is 11.9 Å². The minimum absolute atomic E-state index is 0.00458. The Bertz CT molecular complexity index is 891. The molecule has 0 spiro atoms. The fourth-order valence-corrected chi connectivity index (χ4v) is 4.62. The number of halogens is 2. The van der Waals surface area contributed by atoms with Crippen LogP contribution in [0, 0.1) is 0 Å². The number of hydrogen-bond acceptors (Lipinski definition) is 3. The van der Waals surface area contributed by atoms with Crippen molar-refractivity contribution in [3.63, 3.8) is 0 Å². The predicted molar refractivity (Wildman–Crippen MR) is 99.1 cm³/mol. The van der Waals surface area contributed by atoms with Crippen molar-refractivity contribution in [2.24, 2.45) is 0 Å². The van der Waals surface area contributed by atoms with E-state index >= 15 is 0 Å². The van der Waals surface area contributed by atoms with E-state index in [1.54, 1.807) is 29.5 Å². The summed E-state index contributed by atoms with van der Waals surface area (Å²) in [5.74, 6) is -0.0794. The number of hydrogen-bond donors (Lipinski definition) is 0. The summed E-state index contributed by atoms with van der Waals surface area (Å²) in [4.78, 5) is 19.6. The summed E-state index contributed by atoms with van der Waals surface area (Å²) < 4.78 is 1.15. The molecule has 0 bridgehead atoms. The Kier molecular flexibility index (Phi) is 4.21. The van der Waals surface area contributed by atoms with Crippen molar-refractivity contribution in [3.05, 3.63) is 63.1 Å². The van der Waals surface area contributed by atoms with E-state index in [4.69, 9.17) is 28.2 Å². The van der Waals surface area contributed by atoms with Crippen LogP contribution in [0.25, 0.3) is 10.2 Å². The number of para-hydroxylation sites is 1. The Morgan fingerprint density at radius 1 is 1.17 bits per heavy atom. The molecule has 0 saturated carbocycles. The smallest absolute Gasteiger partial charge is 0.256 e. The molecule has 1 aromatic heterocycles. The summed E-state index contributed by atoms with van der Waals surface area (Å²) >= 11 is 13.9.